The number of nitrogens with zero attached hydrogens (tertiary/aromatic N) is 2. The molecule has 1 unspecified atom stereocenters. The van der Waals surface area contributed by atoms with E-state index in [0.29, 0.717) is 25.5 Å². The number of aromatic nitrogens is 1. The maximum atomic E-state index is 12.3. The van der Waals surface area contributed by atoms with Gasteiger partial charge in [0.1, 0.15) is 19.0 Å². The average Bonchev–Trinajstić information content (AvgIpc) is 2.66. The lowest BCUT2D eigenvalue weighted by Crippen LogP contribution is -2.37. The van der Waals surface area contributed by atoms with E-state index in [9.17, 15) is 4.79 Å². The van der Waals surface area contributed by atoms with Crippen molar-refractivity contribution in [3.05, 3.63) is 47.7 Å². The lowest BCUT2D eigenvalue weighted by Gasteiger charge is -2.21. The number of hydrogen-bond acceptors (Lipinski definition) is 5. The van der Waals surface area contributed by atoms with Gasteiger partial charge in [0, 0.05) is 32.4 Å². The third kappa shape index (κ3) is 4.17. The van der Waals surface area contributed by atoms with Gasteiger partial charge in [0.25, 0.3) is 0 Å². The number of carbonyl (C=O) groups excluding carboxylic acids is 1. The number of pyridine rings is 1. The number of ether oxygens (including phenoxy) is 2. The molecule has 1 atom stereocenters. The van der Waals surface area contributed by atoms with Crippen LogP contribution in [0, 0.1) is 0 Å². The summed E-state index contributed by atoms with van der Waals surface area (Å²) in [5, 5.41) is 5.83. The molecule has 0 aliphatic carbocycles. The van der Waals surface area contributed by atoms with E-state index in [2.05, 4.69) is 15.6 Å². The maximum Gasteiger partial charge on any atom is 0.315 e. The minimum Gasteiger partial charge on any atom is -0.486 e. The van der Waals surface area contributed by atoms with E-state index >= 15 is 0 Å². The maximum absolute atomic E-state index is 12.3. The number of urea groups is 1. The highest BCUT2D eigenvalue weighted by Crippen LogP contribution is 2.32. The number of benzene rings is 1. The predicted octanol–water partition coefficient (Wildman–Crippen LogP) is 2.48. The van der Waals surface area contributed by atoms with Crippen LogP contribution in [0.15, 0.2) is 36.5 Å². The van der Waals surface area contributed by atoms with E-state index in [1.54, 1.807) is 6.20 Å². The van der Waals surface area contributed by atoms with Gasteiger partial charge >= 0.3 is 6.03 Å². The lowest BCUT2D eigenvalue weighted by molar-refractivity contribution is 0.171. The number of nitrogens with one attached hydrogen (secondary N) is 2. The van der Waals surface area contributed by atoms with Gasteiger partial charge in [-0.1, -0.05) is 12.1 Å². The van der Waals surface area contributed by atoms with Gasteiger partial charge in [-0.25, -0.2) is 9.78 Å². The molecule has 0 saturated heterocycles. The topological polar surface area (TPSA) is 75.7 Å². The molecule has 1 aromatic carbocycles. The van der Waals surface area contributed by atoms with Gasteiger partial charge < -0.3 is 25.0 Å². The van der Waals surface area contributed by atoms with Gasteiger partial charge in [-0.05, 0) is 30.7 Å². The average molecular weight is 356 g/mol. The molecule has 0 fully saturated rings. The summed E-state index contributed by atoms with van der Waals surface area (Å²) in [5.74, 6) is 2.30. The van der Waals surface area contributed by atoms with E-state index in [4.69, 9.17) is 9.47 Å². The Bertz CT molecular complexity index is 779. The Kier molecular flexibility index (Phi) is 5.46. The van der Waals surface area contributed by atoms with Gasteiger partial charge in [-0.2, -0.15) is 0 Å². The minimum absolute atomic E-state index is 0.159. The van der Waals surface area contributed by atoms with Gasteiger partial charge in [-0.3, -0.25) is 0 Å². The predicted molar refractivity (Wildman–Crippen MR) is 99.8 cm³/mol. The molecule has 3 rings (SSSR count). The molecule has 0 radical (unpaired) electrons. The fourth-order valence-corrected chi connectivity index (χ4v) is 2.81. The standard InChI is InChI=1S/C19H24N4O3/c1-13(14-6-7-16-17(11-14)26-10-9-25-16)22-19(24)21-12-15-5-4-8-20-18(15)23(2)3/h4-8,11,13H,9-10,12H2,1-3H3,(H2,21,22,24). The van der Waals surface area contributed by atoms with Crippen LogP contribution in [0.3, 0.4) is 0 Å². The van der Waals surface area contributed by atoms with Gasteiger partial charge in [0.15, 0.2) is 11.5 Å². The molecule has 26 heavy (non-hydrogen) atoms. The first kappa shape index (κ1) is 17.8. The van der Waals surface area contributed by atoms with Crippen molar-refractivity contribution in [3.8, 4) is 11.5 Å². The molecule has 1 aliphatic rings. The van der Waals surface area contributed by atoms with Crippen LogP contribution in [0.1, 0.15) is 24.1 Å². The number of hydrogen-bond donors (Lipinski definition) is 2. The van der Waals surface area contributed by atoms with Gasteiger partial charge in [0.05, 0.1) is 6.04 Å². The van der Waals surface area contributed by atoms with Crippen molar-refractivity contribution in [2.24, 2.45) is 0 Å². The first-order chi connectivity index (χ1) is 12.5. The summed E-state index contributed by atoms with van der Waals surface area (Å²) in [6.45, 7) is 3.44. The highest BCUT2D eigenvalue weighted by molar-refractivity contribution is 5.74. The molecule has 2 N–H and O–H groups in total. The second-order valence-electron chi connectivity index (χ2n) is 6.33. The van der Waals surface area contributed by atoms with E-state index in [-0.39, 0.29) is 12.1 Å². The molecular formula is C19H24N4O3. The summed E-state index contributed by atoms with van der Waals surface area (Å²) in [6, 6.07) is 9.13. The molecular weight excluding hydrogens is 332 g/mol. The Hall–Kier alpha value is -2.96. The summed E-state index contributed by atoms with van der Waals surface area (Å²) in [4.78, 5) is 18.5. The van der Waals surface area contributed by atoms with Gasteiger partial charge in [-0.15, -0.1) is 0 Å². The van der Waals surface area contributed by atoms with Crippen molar-refractivity contribution < 1.29 is 14.3 Å². The smallest absolute Gasteiger partial charge is 0.315 e. The third-order valence-corrected chi connectivity index (χ3v) is 4.14. The Labute approximate surface area is 153 Å². The number of amides is 2. The molecule has 1 aromatic heterocycles. The van der Waals surface area contributed by atoms with Crippen molar-refractivity contribution >= 4 is 11.8 Å². The van der Waals surface area contributed by atoms with Crippen LogP contribution < -0.4 is 25.0 Å². The fraction of sp³-hybridized carbons (Fsp3) is 0.368. The summed E-state index contributed by atoms with van der Waals surface area (Å²) in [5.41, 5.74) is 1.92. The molecule has 138 valence electrons. The van der Waals surface area contributed by atoms with Crippen molar-refractivity contribution in [1.82, 2.24) is 15.6 Å². The largest absolute Gasteiger partial charge is 0.486 e. The highest BCUT2D eigenvalue weighted by atomic mass is 16.6. The Morgan fingerprint density at radius 3 is 2.77 bits per heavy atom. The molecule has 0 spiro atoms. The number of carbonyl (C=O) groups is 1. The number of anilines is 1. The zero-order valence-corrected chi connectivity index (χ0v) is 15.3. The second kappa shape index (κ2) is 7.95. The third-order valence-electron chi connectivity index (χ3n) is 4.14. The highest BCUT2D eigenvalue weighted by Gasteiger charge is 2.16. The molecule has 2 aromatic rings. The van der Waals surface area contributed by atoms with Crippen LogP contribution in [0.25, 0.3) is 0 Å². The Balaban J connectivity index is 1.58. The van der Waals surface area contributed by atoms with Crippen LogP contribution in [0.2, 0.25) is 0 Å². The molecule has 2 heterocycles. The van der Waals surface area contributed by atoms with Crippen LogP contribution >= 0.6 is 0 Å². The number of rotatable bonds is 5. The molecule has 7 nitrogen and oxygen atoms in total. The zero-order valence-electron chi connectivity index (χ0n) is 15.3. The molecule has 2 amide bonds. The SMILES string of the molecule is CC(NC(=O)NCc1cccnc1N(C)C)c1ccc2c(c1)OCCO2. The van der Waals surface area contributed by atoms with Crippen LogP contribution in [0.5, 0.6) is 11.5 Å². The summed E-state index contributed by atoms with van der Waals surface area (Å²) in [6.07, 6.45) is 1.74. The quantitative estimate of drug-likeness (QED) is 0.861. The normalized spacial score (nSPS) is 13.7. The molecule has 0 saturated carbocycles. The Morgan fingerprint density at radius 1 is 1.23 bits per heavy atom. The van der Waals surface area contributed by atoms with Crippen molar-refractivity contribution in [2.75, 3.05) is 32.2 Å². The molecule has 0 bridgehead atoms. The lowest BCUT2D eigenvalue weighted by atomic mass is 10.1. The van der Waals surface area contributed by atoms with E-state index in [1.165, 1.54) is 0 Å². The van der Waals surface area contributed by atoms with E-state index < -0.39 is 0 Å². The minimum atomic E-state index is -0.235. The summed E-state index contributed by atoms with van der Waals surface area (Å²) >= 11 is 0. The monoisotopic (exact) mass is 356 g/mol. The first-order valence-corrected chi connectivity index (χ1v) is 8.59. The van der Waals surface area contributed by atoms with E-state index in [0.717, 1.165) is 22.7 Å². The zero-order chi connectivity index (χ0) is 18.5. The summed E-state index contributed by atoms with van der Waals surface area (Å²) in [7, 11) is 3.85. The van der Waals surface area contributed by atoms with Crippen LogP contribution in [-0.4, -0.2) is 38.3 Å². The summed E-state index contributed by atoms with van der Waals surface area (Å²) < 4.78 is 11.1. The van der Waals surface area contributed by atoms with Crippen molar-refractivity contribution in [1.29, 1.82) is 0 Å². The van der Waals surface area contributed by atoms with Gasteiger partial charge in [0.2, 0.25) is 0 Å². The number of fused-ring (bicyclic) bond motifs is 1. The van der Waals surface area contributed by atoms with E-state index in [1.807, 2.05) is 56.3 Å². The molecule has 1 aliphatic heterocycles. The molecule has 7 heteroatoms. The fourth-order valence-electron chi connectivity index (χ4n) is 2.81. The van der Waals surface area contributed by atoms with Crippen LogP contribution in [0.4, 0.5) is 10.6 Å². The van der Waals surface area contributed by atoms with Crippen LogP contribution in [-0.2, 0) is 6.54 Å². The second-order valence-corrected chi connectivity index (χ2v) is 6.33. The van der Waals surface area contributed by atoms with Crippen molar-refractivity contribution in [2.45, 2.75) is 19.5 Å². The van der Waals surface area contributed by atoms with Crippen molar-refractivity contribution in [3.63, 3.8) is 0 Å². The Morgan fingerprint density at radius 2 is 2.00 bits per heavy atom. The first-order valence-electron chi connectivity index (χ1n) is 8.59.